The van der Waals surface area contributed by atoms with E-state index < -0.39 is 0 Å². The summed E-state index contributed by atoms with van der Waals surface area (Å²) < 4.78 is 0. The lowest BCUT2D eigenvalue weighted by Crippen LogP contribution is -2.37. The third-order valence-corrected chi connectivity index (χ3v) is 6.69. The molecule has 3 aliphatic rings. The lowest BCUT2D eigenvalue weighted by molar-refractivity contribution is -0.129. The van der Waals surface area contributed by atoms with Crippen molar-refractivity contribution in [1.82, 2.24) is 9.80 Å². The molecule has 0 aromatic heterocycles. The second-order valence-corrected chi connectivity index (χ2v) is 8.72. The van der Waals surface area contributed by atoms with Gasteiger partial charge in [0.2, 0.25) is 5.91 Å². The number of benzene rings is 2. The maximum Gasteiger partial charge on any atom is 0.261 e. The molecule has 2 heterocycles. The summed E-state index contributed by atoms with van der Waals surface area (Å²) in [5, 5.41) is 0.750. The van der Waals surface area contributed by atoms with Gasteiger partial charge in [0.15, 0.2) is 0 Å². The van der Waals surface area contributed by atoms with Crippen molar-refractivity contribution in [2.45, 2.75) is 38.5 Å². The minimum absolute atomic E-state index is 0.0706. The van der Waals surface area contributed by atoms with Gasteiger partial charge in [0.25, 0.3) is 11.8 Å². The zero-order valence-corrected chi connectivity index (χ0v) is 18.0. The molecule has 0 unspecified atom stereocenters. The van der Waals surface area contributed by atoms with Gasteiger partial charge in [0, 0.05) is 30.2 Å². The van der Waals surface area contributed by atoms with Crippen LogP contribution in [0.5, 0.6) is 0 Å². The van der Waals surface area contributed by atoms with Crippen LogP contribution >= 0.6 is 11.6 Å². The zero-order chi connectivity index (χ0) is 21.5. The average Bonchev–Trinajstić information content (AvgIpc) is 3.03. The van der Waals surface area contributed by atoms with Crippen molar-refractivity contribution >= 4 is 34.9 Å². The Morgan fingerprint density at radius 1 is 0.935 bits per heavy atom. The Morgan fingerprint density at radius 3 is 2.42 bits per heavy atom. The van der Waals surface area contributed by atoms with E-state index in [4.69, 9.17) is 11.6 Å². The first-order chi connectivity index (χ1) is 15.0. The fourth-order valence-electron chi connectivity index (χ4n) is 4.99. The summed E-state index contributed by atoms with van der Waals surface area (Å²) in [5.74, 6) is -0.460. The Hall–Kier alpha value is -2.92. The maximum atomic E-state index is 13.1. The molecule has 0 bridgehead atoms. The summed E-state index contributed by atoms with van der Waals surface area (Å²) >= 11 is 6.16. The average molecular weight is 435 g/mol. The third kappa shape index (κ3) is 3.47. The molecular formula is C25H23ClN2O3. The zero-order valence-electron chi connectivity index (χ0n) is 17.2. The molecule has 158 valence electrons. The molecule has 0 radical (unpaired) electrons. The van der Waals surface area contributed by atoms with E-state index in [0.29, 0.717) is 24.0 Å². The van der Waals surface area contributed by atoms with Gasteiger partial charge in [-0.3, -0.25) is 19.3 Å². The SMILES string of the molecule is O=C(CCCN1C(=O)c2ccccc2C1=O)N1CCCC2=C1CCc1cc(Cl)ccc12. The summed E-state index contributed by atoms with van der Waals surface area (Å²) in [6.45, 7) is 0.993. The number of hydrogen-bond acceptors (Lipinski definition) is 3. The lowest BCUT2D eigenvalue weighted by Gasteiger charge is -2.36. The van der Waals surface area contributed by atoms with Crippen LogP contribution in [0.25, 0.3) is 5.57 Å². The Labute approximate surface area is 186 Å². The van der Waals surface area contributed by atoms with E-state index in [0.717, 1.165) is 42.9 Å². The Balaban J connectivity index is 1.26. The highest BCUT2D eigenvalue weighted by atomic mass is 35.5. The molecule has 2 aromatic carbocycles. The van der Waals surface area contributed by atoms with Gasteiger partial charge < -0.3 is 4.90 Å². The number of hydrogen-bond donors (Lipinski definition) is 0. The minimum atomic E-state index is -0.265. The minimum Gasteiger partial charge on any atom is -0.316 e. The number of nitrogens with zero attached hydrogens (tertiary/aromatic N) is 2. The first-order valence-electron chi connectivity index (χ1n) is 10.8. The van der Waals surface area contributed by atoms with Crippen LogP contribution in [0.3, 0.4) is 0 Å². The quantitative estimate of drug-likeness (QED) is 0.655. The van der Waals surface area contributed by atoms with E-state index in [1.807, 2.05) is 17.0 Å². The van der Waals surface area contributed by atoms with Crippen LogP contribution in [-0.4, -0.2) is 40.6 Å². The van der Waals surface area contributed by atoms with Crippen molar-refractivity contribution in [1.29, 1.82) is 0 Å². The Kier molecular flexibility index (Phi) is 5.14. The Morgan fingerprint density at radius 2 is 1.68 bits per heavy atom. The highest BCUT2D eigenvalue weighted by Gasteiger charge is 2.35. The van der Waals surface area contributed by atoms with Gasteiger partial charge in [-0.05, 0) is 73.1 Å². The normalized spacial score (nSPS) is 17.6. The van der Waals surface area contributed by atoms with Crippen molar-refractivity contribution in [3.63, 3.8) is 0 Å². The standard InChI is InChI=1S/C25H23ClN2O3/c26-17-10-11-18-16(15-17)9-12-22-19(18)7-3-13-27(22)23(29)8-4-14-28-24(30)20-5-1-2-6-21(20)25(28)31/h1-2,5-6,10-11,15H,3-4,7-9,12-14H2. The number of imide groups is 1. The van der Waals surface area contributed by atoms with Gasteiger partial charge in [-0.15, -0.1) is 0 Å². The van der Waals surface area contributed by atoms with Crippen molar-refractivity contribution < 1.29 is 14.4 Å². The first-order valence-corrected chi connectivity index (χ1v) is 11.2. The lowest BCUT2D eigenvalue weighted by atomic mass is 9.84. The van der Waals surface area contributed by atoms with Crippen LogP contribution < -0.4 is 0 Å². The van der Waals surface area contributed by atoms with E-state index in [2.05, 4.69) is 6.07 Å². The fraction of sp³-hybridized carbons (Fsp3) is 0.320. The highest BCUT2D eigenvalue weighted by molar-refractivity contribution is 6.30. The second-order valence-electron chi connectivity index (χ2n) is 8.29. The topological polar surface area (TPSA) is 57.7 Å². The monoisotopic (exact) mass is 434 g/mol. The first kappa shape index (κ1) is 20.0. The molecule has 0 fully saturated rings. The molecule has 31 heavy (non-hydrogen) atoms. The number of halogens is 1. The van der Waals surface area contributed by atoms with Gasteiger partial charge >= 0.3 is 0 Å². The van der Waals surface area contributed by atoms with Gasteiger partial charge in [-0.1, -0.05) is 29.8 Å². The Bertz CT molecular complexity index is 1100. The predicted octanol–water partition coefficient (Wildman–Crippen LogP) is 4.70. The van der Waals surface area contributed by atoms with E-state index in [-0.39, 0.29) is 24.3 Å². The summed E-state index contributed by atoms with van der Waals surface area (Å²) in [4.78, 5) is 41.3. The number of fused-ring (bicyclic) bond motifs is 3. The van der Waals surface area contributed by atoms with Crippen LogP contribution in [0.15, 0.2) is 48.2 Å². The molecule has 1 aliphatic carbocycles. The summed E-state index contributed by atoms with van der Waals surface area (Å²) in [6.07, 6.45) is 4.42. The van der Waals surface area contributed by atoms with Gasteiger partial charge in [0.1, 0.15) is 0 Å². The van der Waals surface area contributed by atoms with Gasteiger partial charge in [-0.25, -0.2) is 0 Å². The molecular weight excluding hydrogens is 412 g/mol. The van der Waals surface area contributed by atoms with Crippen molar-refractivity contribution in [3.05, 3.63) is 75.4 Å². The van der Waals surface area contributed by atoms with E-state index in [1.165, 1.54) is 21.6 Å². The number of amides is 3. The van der Waals surface area contributed by atoms with Gasteiger partial charge in [0.05, 0.1) is 11.1 Å². The van der Waals surface area contributed by atoms with Crippen LogP contribution in [0, 0.1) is 0 Å². The molecule has 5 rings (SSSR count). The number of carbonyl (C=O) groups is 3. The maximum absolute atomic E-state index is 13.1. The van der Waals surface area contributed by atoms with Crippen molar-refractivity contribution in [2.75, 3.05) is 13.1 Å². The molecule has 6 heteroatoms. The molecule has 2 aromatic rings. The van der Waals surface area contributed by atoms with E-state index in [9.17, 15) is 14.4 Å². The largest absolute Gasteiger partial charge is 0.316 e. The number of allylic oxidation sites excluding steroid dienone is 2. The molecule has 0 spiro atoms. The molecule has 3 amide bonds. The van der Waals surface area contributed by atoms with E-state index in [1.54, 1.807) is 24.3 Å². The fourth-order valence-corrected chi connectivity index (χ4v) is 5.18. The van der Waals surface area contributed by atoms with Crippen molar-refractivity contribution in [3.8, 4) is 0 Å². The van der Waals surface area contributed by atoms with Crippen LogP contribution in [-0.2, 0) is 11.2 Å². The predicted molar refractivity (Wildman–Crippen MR) is 119 cm³/mol. The molecule has 0 saturated heterocycles. The second kappa shape index (κ2) is 7.97. The molecule has 2 aliphatic heterocycles. The number of aryl methyl sites for hydroxylation is 1. The number of carbonyl (C=O) groups excluding carboxylic acids is 3. The van der Waals surface area contributed by atoms with Crippen LogP contribution in [0.1, 0.15) is 63.9 Å². The summed E-state index contributed by atoms with van der Waals surface area (Å²) in [5.41, 5.74) is 5.77. The molecule has 0 saturated carbocycles. The van der Waals surface area contributed by atoms with Crippen LogP contribution in [0.4, 0.5) is 0 Å². The summed E-state index contributed by atoms with van der Waals surface area (Å²) in [6, 6.07) is 12.9. The molecule has 0 N–H and O–H groups in total. The van der Waals surface area contributed by atoms with Crippen LogP contribution in [0.2, 0.25) is 5.02 Å². The van der Waals surface area contributed by atoms with Gasteiger partial charge in [-0.2, -0.15) is 0 Å². The van der Waals surface area contributed by atoms with E-state index >= 15 is 0 Å². The number of rotatable bonds is 4. The third-order valence-electron chi connectivity index (χ3n) is 6.46. The smallest absolute Gasteiger partial charge is 0.261 e. The van der Waals surface area contributed by atoms with Crippen molar-refractivity contribution in [2.24, 2.45) is 0 Å². The molecule has 5 nitrogen and oxygen atoms in total. The molecule has 0 atom stereocenters. The summed E-state index contributed by atoms with van der Waals surface area (Å²) in [7, 11) is 0. The highest BCUT2D eigenvalue weighted by Crippen LogP contribution is 2.40.